The van der Waals surface area contributed by atoms with Gasteiger partial charge in [0.25, 0.3) is 0 Å². The smallest absolute Gasteiger partial charge is 0.224 e. The van der Waals surface area contributed by atoms with Gasteiger partial charge in [-0.05, 0) is 61.9 Å². The molecule has 7 heteroatoms. The maximum atomic E-state index is 5.66. The predicted octanol–water partition coefficient (Wildman–Crippen LogP) is 4.64. The van der Waals surface area contributed by atoms with E-state index >= 15 is 0 Å². The molecule has 0 aliphatic rings. The Bertz CT molecular complexity index is 930. The van der Waals surface area contributed by atoms with Crippen molar-refractivity contribution in [2.24, 2.45) is 0 Å². The van der Waals surface area contributed by atoms with Crippen LogP contribution in [0.4, 0.5) is 17.5 Å². The Balaban J connectivity index is 1.62. The number of hydrogen-bond acceptors (Lipinski definition) is 7. The third kappa shape index (κ3) is 5.75. The molecule has 0 radical (unpaired) electrons. The molecule has 152 valence electrons. The lowest BCUT2D eigenvalue weighted by Crippen LogP contribution is -2.06. The predicted molar refractivity (Wildman–Crippen MR) is 114 cm³/mol. The van der Waals surface area contributed by atoms with E-state index in [0.717, 1.165) is 17.0 Å². The highest BCUT2D eigenvalue weighted by molar-refractivity contribution is 5.57. The molecule has 3 rings (SSSR count). The Hall–Kier alpha value is -3.48. The molecular formula is C22H26N4O3. The van der Waals surface area contributed by atoms with E-state index in [-0.39, 0.29) is 6.10 Å². The van der Waals surface area contributed by atoms with Crippen LogP contribution in [0.15, 0.2) is 54.7 Å². The molecule has 29 heavy (non-hydrogen) atoms. The van der Waals surface area contributed by atoms with Gasteiger partial charge in [0, 0.05) is 18.4 Å². The minimum atomic E-state index is 0.148. The first kappa shape index (κ1) is 20.3. The van der Waals surface area contributed by atoms with Gasteiger partial charge >= 0.3 is 0 Å². The average molecular weight is 394 g/mol. The van der Waals surface area contributed by atoms with Crippen LogP contribution < -0.4 is 24.8 Å². The Labute approximate surface area is 171 Å². The number of nitrogens with one attached hydrogen (secondary N) is 2. The van der Waals surface area contributed by atoms with Crippen molar-refractivity contribution in [3.05, 3.63) is 60.3 Å². The zero-order chi connectivity index (χ0) is 20.6. The summed E-state index contributed by atoms with van der Waals surface area (Å²) in [7, 11) is 3.24. The minimum absolute atomic E-state index is 0.148. The Morgan fingerprint density at radius 2 is 1.69 bits per heavy atom. The summed E-state index contributed by atoms with van der Waals surface area (Å²) in [5.74, 6) is 3.46. The normalized spacial score (nSPS) is 10.5. The van der Waals surface area contributed by atoms with Crippen LogP contribution in [0.1, 0.15) is 19.4 Å². The lowest BCUT2D eigenvalue weighted by atomic mass is 10.2. The Morgan fingerprint density at radius 1 is 0.931 bits per heavy atom. The monoisotopic (exact) mass is 394 g/mol. The second-order valence-electron chi connectivity index (χ2n) is 6.62. The molecule has 0 bridgehead atoms. The Kier molecular flexibility index (Phi) is 6.73. The van der Waals surface area contributed by atoms with Crippen molar-refractivity contribution in [2.75, 3.05) is 24.9 Å². The van der Waals surface area contributed by atoms with Crippen molar-refractivity contribution in [3.63, 3.8) is 0 Å². The van der Waals surface area contributed by atoms with E-state index in [1.807, 2.05) is 62.4 Å². The fraction of sp³-hybridized carbons (Fsp3) is 0.273. The highest BCUT2D eigenvalue weighted by atomic mass is 16.5. The van der Waals surface area contributed by atoms with Crippen molar-refractivity contribution in [1.82, 2.24) is 9.97 Å². The molecule has 0 aliphatic carbocycles. The number of hydrogen-bond donors (Lipinski definition) is 2. The molecule has 7 nitrogen and oxygen atoms in total. The molecule has 0 spiro atoms. The molecule has 0 unspecified atom stereocenters. The zero-order valence-corrected chi connectivity index (χ0v) is 17.1. The summed E-state index contributed by atoms with van der Waals surface area (Å²) in [6.45, 7) is 4.57. The molecule has 0 saturated heterocycles. The molecule has 3 aromatic rings. The third-order valence-corrected chi connectivity index (χ3v) is 4.05. The van der Waals surface area contributed by atoms with Crippen LogP contribution in [-0.4, -0.2) is 30.3 Å². The molecule has 1 heterocycles. The van der Waals surface area contributed by atoms with Crippen LogP contribution in [0, 0.1) is 0 Å². The molecule has 0 saturated carbocycles. The largest absolute Gasteiger partial charge is 0.493 e. The van der Waals surface area contributed by atoms with E-state index in [2.05, 4.69) is 20.6 Å². The lowest BCUT2D eigenvalue weighted by molar-refractivity contribution is 0.242. The first-order valence-electron chi connectivity index (χ1n) is 9.39. The average Bonchev–Trinajstić information content (AvgIpc) is 2.73. The van der Waals surface area contributed by atoms with Gasteiger partial charge in [0.05, 0.1) is 20.3 Å². The lowest BCUT2D eigenvalue weighted by Gasteiger charge is -2.12. The summed E-state index contributed by atoms with van der Waals surface area (Å²) in [4.78, 5) is 8.79. The first-order chi connectivity index (χ1) is 14.1. The fourth-order valence-corrected chi connectivity index (χ4v) is 2.72. The molecule has 0 atom stereocenters. The van der Waals surface area contributed by atoms with Gasteiger partial charge in [-0.2, -0.15) is 4.98 Å². The standard InChI is InChI=1S/C22H26N4O3/c1-15(2)29-18-8-6-17(7-9-18)25-21-11-12-23-22(26-21)24-14-16-5-10-19(27-3)20(13-16)28-4/h5-13,15H,14H2,1-4H3,(H2,23,24,25,26). The highest BCUT2D eigenvalue weighted by Crippen LogP contribution is 2.27. The molecule has 2 aromatic carbocycles. The first-order valence-corrected chi connectivity index (χ1v) is 9.39. The molecule has 1 aromatic heterocycles. The maximum Gasteiger partial charge on any atom is 0.224 e. The number of methoxy groups -OCH3 is 2. The molecule has 0 aliphatic heterocycles. The molecular weight excluding hydrogens is 368 g/mol. The van der Waals surface area contributed by atoms with Crippen molar-refractivity contribution >= 4 is 17.5 Å². The molecule has 0 amide bonds. The number of aromatic nitrogens is 2. The summed E-state index contributed by atoms with van der Waals surface area (Å²) >= 11 is 0. The number of nitrogens with zero attached hydrogens (tertiary/aromatic N) is 2. The summed E-state index contributed by atoms with van der Waals surface area (Å²) in [5.41, 5.74) is 1.95. The maximum absolute atomic E-state index is 5.66. The van der Waals surface area contributed by atoms with E-state index < -0.39 is 0 Å². The van der Waals surface area contributed by atoms with Crippen molar-refractivity contribution in [3.8, 4) is 17.2 Å². The van der Waals surface area contributed by atoms with Crippen LogP contribution in [0.25, 0.3) is 0 Å². The van der Waals surface area contributed by atoms with Crippen molar-refractivity contribution < 1.29 is 14.2 Å². The van der Waals surface area contributed by atoms with Gasteiger partial charge in [0.15, 0.2) is 11.5 Å². The van der Waals surface area contributed by atoms with Gasteiger partial charge in [0.2, 0.25) is 5.95 Å². The van der Waals surface area contributed by atoms with Gasteiger partial charge < -0.3 is 24.8 Å². The van der Waals surface area contributed by atoms with E-state index in [1.54, 1.807) is 20.4 Å². The van der Waals surface area contributed by atoms with Gasteiger partial charge in [0.1, 0.15) is 11.6 Å². The van der Waals surface area contributed by atoms with Crippen molar-refractivity contribution in [2.45, 2.75) is 26.5 Å². The highest BCUT2D eigenvalue weighted by Gasteiger charge is 2.06. The van der Waals surface area contributed by atoms with Gasteiger partial charge in [-0.1, -0.05) is 6.07 Å². The fourth-order valence-electron chi connectivity index (χ4n) is 2.72. The van der Waals surface area contributed by atoms with Crippen LogP contribution in [0.3, 0.4) is 0 Å². The summed E-state index contributed by atoms with van der Waals surface area (Å²) < 4.78 is 16.3. The number of rotatable bonds is 9. The summed E-state index contributed by atoms with van der Waals surface area (Å²) in [5, 5.41) is 6.50. The van der Waals surface area contributed by atoms with E-state index in [1.165, 1.54) is 0 Å². The van der Waals surface area contributed by atoms with Gasteiger partial charge in [-0.15, -0.1) is 0 Å². The van der Waals surface area contributed by atoms with Gasteiger partial charge in [-0.3, -0.25) is 0 Å². The van der Waals surface area contributed by atoms with E-state index in [0.29, 0.717) is 29.8 Å². The quantitative estimate of drug-likeness (QED) is 0.547. The van der Waals surface area contributed by atoms with Gasteiger partial charge in [-0.25, -0.2) is 4.98 Å². The third-order valence-electron chi connectivity index (χ3n) is 4.05. The summed E-state index contributed by atoms with van der Waals surface area (Å²) in [6.07, 6.45) is 1.86. The minimum Gasteiger partial charge on any atom is -0.493 e. The van der Waals surface area contributed by atoms with Crippen LogP contribution in [-0.2, 0) is 6.54 Å². The SMILES string of the molecule is COc1ccc(CNc2nccc(Nc3ccc(OC(C)C)cc3)n2)cc1OC. The number of benzene rings is 2. The number of ether oxygens (including phenoxy) is 3. The van der Waals surface area contributed by atoms with Crippen LogP contribution >= 0.6 is 0 Å². The zero-order valence-electron chi connectivity index (χ0n) is 17.1. The topological polar surface area (TPSA) is 77.5 Å². The second-order valence-corrected chi connectivity index (χ2v) is 6.62. The summed E-state index contributed by atoms with van der Waals surface area (Å²) in [6, 6.07) is 15.4. The Morgan fingerprint density at radius 3 is 2.38 bits per heavy atom. The van der Waals surface area contributed by atoms with Crippen LogP contribution in [0.5, 0.6) is 17.2 Å². The second kappa shape index (κ2) is 9.64. The van der Waals surface area contributed by atoms with E-state index in [4.69, 9.17) is 14.2 Å². The van der Waals surface area contributed by atoms with Crippen molar-refractivity contribution in [1.29, 1.82) is 0 Å². The molecule has 2 N–H and O–H groups in total. The van der Waals surface area contributed by atoms with Crippen LogP contribution in [0.2, 0.25) is 0 Å². The van der Waals surface area contributed by atoms with E-state index in [9.17, 15) is 0 Å². The molecule has 0 fully saturated rings. The number of anilines is 3.